The second-order valence-corrected chi connectivity index (χ2v) is 5.83. The Kier molecular flexibility index (Phi) is 3.78. The van der Waals surface area contributed by atoms with Gasteiger partial charge in [-0.1, -0.05) is 12.8 Å². The van der Waals surface area contributed by atoms with Gasteiger partial charge in [0.2, 0.25) is 5.91 Å². The van der Waals surface area contributed by atoms with E-state index in [9.17, 15) is 4.79 Å². The van der Waals surface area contributed by atoms with Gasteiger partial charge >= 0.3 is 0 Å². The third-order valence-corrected chi connectivity index (χ3v) is 4.34. The van der Waals surface area contributed by atoms with Crippen LogP contribution in [-0.4, -0.2) is 29.3 Å². The lowest BCUT2D eigenvalue weighted by molar-refractivity contribution is -0.134. The Hall–Kier alpha value is -0.240. The first-order chi connectivity index (χ1) is 7.66. The number of hydrogen-bond donors (Lipinski definition) is 0. The number of alkyl halides is 1. The number of rotatable bonds is 4. The van der Waals surface area contributed by atoms with E-state index in [1.54, 1.807) is 0 Å². The van der Waals surface area contributed by atoms with Crippen molar-refractivity contribution >= 4 is 17.5 Å². The van der Waals surface area contributed by atoms with Crippen LogP contribution in [0, 0.1) is 17.8 Å². The van der Waals surface area contributed by atoms with E-state index in [0.717, 1.165) is 0 Å². The second-order valence-electron chi connectivity index (χ2n) is 5.45. The van der Waals surface area contributed by atoms with Crippen LogP contribution in [0.2, 0.25) is 0 Å². The molecular weight excluding hydrogens is 222 g/mol. The molecule has 3 heteroatoms. The van der Waals surface area contributed by atoms with Crippen molar-refractivity contribution in [2.45, 2.75) is 45.6 Å². The molecule has 0 aromatic rings. The van der Waals surface area contributed by atoms with Gasteiger partial charge in [0.25, 0.3) is 0 Å². The van der Waals surface area contributed by atoms with Crippen LogP contribution in [0.5, 0.6) is 0 Å². The molecule has 2 fully saturated rings. The van der Waals surface area contributed by atoms with Crippen molar-refractivity contribution in [3.05, 3.63) is 0 Å². The first kappa shape index (κ1) is 12.2. The van der Waals surface area contributed by atoms with E-state index in [2.05, 4.69) is 13.8 Å². The summed E-state index contributed by atoms with van der Waals surface area (Å²) in [4.78, 5) is 14.3. The average Bonchev–Trinajstić information content (AvgIpc) is 2.98. The Balaban J connectivity index is 1.96. The molecule has 2 nitrogen and oxygen atoms in total. The van der Waals surface area contributed by atoms with E-state index >= 15 is 0 Å². The van der Waals surface area contributed by atoms with Gasteiger partial charge in [0, 0.05) is 24.4 Å². The number of fused-ring (bicyclic) bond motifs is 1. The van der Waals surface area contributed by atoms with Crippen molar-refractivity contribution in [1.29, 1.82) is 0 Å². The zero-order chi connectivity index (χ0) is 11.7. The SMILES string of the molecule is CC(C)N(CCCl)C(=O)C1C2CCCCC21. The molecule has 2 aliphatic rings. The average molecular weight is 244 g/mol. The van der Waals surface area contributed by atoms with Crippen LogP contribution in [-0.2, 0) is 4.79 Å². The monoisotopic (exact) mass is 243 g/mol. The molecule has 2 rings (SSSR count). The van der Waals surface area contributed by atoms with Gasteiger partial charge in [-0.2, -0.15) is 0 Å². The van der Waals surface area contributed by atoms with Crippen LogP contribution in [0.15, 0.2) is 0 Å². The number of amides is 1. The summed E-state index contributed by atoms with van der Waals surface area (Å²) in [6.07, 6.45) is 5.19. The number of hydrogen-bond acceptors (Lipinski definition) is 1. The van der Waals surface area contributed by atoms with Gasteiger partial charge in [0.15, 0.2) is 0 Å². The first-order valence-corrected chi connectivity index (χ1v) is 7.06. The van der Waals surface area contributed by atoms with Crippen LogP contribution in [0.1, 0.15) is 39.5 Å². The van der Waals surface area contributed by atoms with E-state index in [0.29, 0.717) is 36.1 Å². The number of carbonyl (C=O) groups is 1. The fourth-order valence-electron chi connectivity index (χ4n) is 3.26. The van der Waals surface area contributed by atoms with Gasteiger partial charge in [-0.15, -0.1) is 11.6 Å². The van der Waals surface area contributed by atoms with E-state index < -0.39 is 0 Å². The maximum Gasteiger partial charge on any atom is 0.226 e. The summed E-state index contributed by atoms with van der Waals surface area (Å²) in [5.74, 6) is 2.67. The summed E-state index contributed by atoms with van der Waals surface area (Å²) < 4.78 is 0. The molecule has 2 aliphatic carbocycles. The smallest absolute Gasteiger partial charge is 0.226 e. The molecule has 2 atom stereocenters. The molecule has 0 heterocycles. The lowest BCUT2D eigenvalue weighted by atomic mass is 10.0. The molecule has 1 amide bonds. The van der Waals surface area contributed by atoms with Gasteiger partial charge in [-0.3, -0.25) is 4.79 Å². The normalized spacial score (nSPS) is 32.4. The van der Waals surface area contributed by atoms with Crippen LogP contribution >= 0.6 is 11.6 Å². The predicted octanol–water partition coefficient (Wildman–Crippen LogP) is 2.90. The highest BCUT2D eigenvalue weighted by Gasteiger charge is 2.55. The maximum atomic E-state index is 12.4. The number of carbonyl (C=O) groups excluding carboxylic acids is 1. The van der Waals surface area contributed by atoms with Gasteiger partial charge in [0.1, 0.15) is 0 Å². The summed E-state index contributed by atoms with van der Waals surface area (Å²) >= 11 is 5.77. The van der Waals surface area contributed by atoms with Crippen molar-refractivity contribution in [2.75, 3.05) is 12.4 Å². The Labute approximate surface area is 103 Å². The summed E-state index contributed by atoms with van der Waals surface area (Å²) in [5.41, 5.74) is 0. The minimum atomic E-state index is 0.286. The van der Waals surface area contributed by atoms with Crippen molar-refractivity contribution < 1.29 is 4.79 Å². The molecule has 0 bridgehead atoms. The van der Waals surface area contributed by atoms with Gasteiger partial charge in [-0.05, 0) is 38.5 Å². The molecule has 0 aromatic carbocycles. The highest BCUT2D eigenvalue weighted by molar-refractivity contribution is 6.18. The second kappa shape index (κ2) is 4.95. The molecule has 2 saturated carbocycles. The van der Waals surface area contributed by atoms with Gasteiger partial charge in [0.05, 0.1) is 0 Å². The number of nitrogens with zero attached hydrogens (tertiary/aromatic N) is 1. The highest BCUT2D eigenvalue weighted by atomic mass is 35.5. The van der Waals surface area contributed by atoms with Crippen LogP contribution in [0.25, 0.3) is 0 Å². The largest absolute Gasteiger partial charge is 0.339 e. The fourth-order valence-corrected chi connectivity index (χ4v) is 3.45. The summed E-state index contributed by atoms with van der Waals surface area (Å²) in [7, 11) is 0. The molecule has 0 saturated heterocycles. The highest BCUT2D eigenvalue weighted by Crippen LogP contribution is 2.56. The van der Waals surface area contributed by atoms with E-state index in [-0.39, 0.29) is 6.04 Å². The lowest BCUT2D eigenvalue weighted by Gasteiger charge is -2.26. The molecule has 2 unspecified atom stereocenters. The molecule has 16 heavy (non-hydrogen) atoms. The standard InChI is InChI=1S/C13H22ClNO/c1-9(2)15(8-7-14)13(16)12-10-5-3-4-6-11(10)12/h9-12H,3-8H2,1-2H3. The quantitative estimate of drug-likeness (QED) is 0.696. The van der Waals surface area contributed by atoms with Gasteiger partial charge in [-0.25, -0.2) is 0 Å². The molecular formula is C13H22ClNO. The minimum absolute atomic E-state index is 0.286. The third-order valence-electron chi connectivity index (χ3n) is 4.17. The number of halogens is 1. The predicted molar refractivity (Wildman–Crippen MR) is 66.5 cm³/mol. The van der Waals surface area contributed by atoms with E-state index in [1.807, 2.05) is 4.90 Å². The molecule has 0 spiro atoms. The minimum Gasteiger partial charge on any atom is -0.339 e. The van der Waals surface area contributed by atoms with Crippen molar-refractivity contribution in [2.24, 2.45) is 17.8 Å². The van der Waals surface area contributed by atoms with E-state index in [4.69, 9.17) is 11.6 Å². The van der Waals surface area contributed by atoms with Crippen molar-refractivity contribution in [3.8, 4) is 0 Å². The van der Waals surface area contributed by atoms with Crippen LogP contribution in [0.4, 0.5) is 0 Å². The summed E-state index contributed by atoms with van der Waals surface area (Å²) in [6, 6.07) is 0.286. The zero-order valence-electron chi connectivity index (χ0n) is 10.3. The van der Waals surface area contributed by atoms with Crippen LogP contribution in [0.3, 0.4) is 0 Å². The van der Waals surface area contributed by atoms with Crippen LogP contribution < -0.4 is 0 Å². The van der Waals surface area contributed by atoms with Crippen molar-refractivity contribution in [3.63, 3.8) is 0 Å². The zero-order valence-corrected chi connectivity index (χ0v) is 11.0. The Morgan fingerprint density at radius 1 is 1.31 bits per heavy atom. The Morgan fingerprint density at radius 2 is 1.88 bits per heavy atom. The molecule has 0 radical (unpaired) electrons. The summed E-state index contributed by atoms with van der Waals surface area (Å²) in [5, 5.41) is 0. The first-order valence-electron chi connectivity index (χ1n) is 6.53. The van der Waals surface area contributed by atoms with Gasteiger partial charge < -0.3 is 4.90 Å². The van der Waals surface area contributed by atoms with E-state index in [1.165, 1.54) is 25.7 Å². The molecule has 92 valence electrons. The fraction of sp³-hybridized carbons (Fsp3) is 0.923. The Bertz CT molecular complexity index is 255. The third kappa shape index (κ3) is 2.22. The maximum absolute atomic E-state index is 12.4. The lowest BCUT2D eigenvalue weighted by Crippen LogP contribution is -2.39. The molecule has 0 N–H and O–H groups in total. The topological polar surface area (TPSA) is 20.3 Å². The Morgan fingerprint density at radius 3 is 2.31 bits per heavy atom. The molecule has 0 aliphatic heterocycles. The van der Waals surface area contributed by atoms with Crippen molar-refractivity contribution in [1.82, 2.24) is 4.90 Å². The summed E-state index contributed by atoms with van der Waals surface area (Å²) in [6.45, 7) is 4.86. The molecule has 0 aromatic heterocycles.